The summed E-state index contributed by atoms with van der Waals surface area (Å²) in [6.07, 6.45) is 4.41. The highest BCUT2D eigenvalue weighted by Crippen LogP contribution is 2.32. The van der Waals surface area contributed by atoms with Crippen LogP contribution in [0.2, 0.25) is 0 Å². The first kappa shape index (κ1) is 15.3. The number of hydrogen-bond acceptors (Lipinski definition) is 2. The van der Waals surface area contributed by atoms with E-state index in [1.165, 1.54) is 16.5 Å². The summed E-state index contributed by atoms with van der Waals surface area (Å²) in [5.41, 5.74) is 3.59. The van der Waals surface area contributed by atoms with Crippen LogP contribution in [0.1, 0.15) is 34.3 Å². The van der Waals surface area contributed by atoms with Crippen molar-refractivity contribution in [2.24, 2.45) is 0 Å². The van der Waals surface area contributed by atoms with Gasteiger partial charge >= 0.3 is 0 Å². The third-order valence-electron chi connectivity index (χ3n) is 4.75. The van der Waals surface area contributed by atoms with Crippen LogP contribution in [0, 0.1) is 0 Å². The molecule has 116 valence electrons. The number of carbonyl (C=O) groups excluding carboxylic acids is 1. The second-order valence-electron chi connectivity index (χ2n) is 6.13. The molecule has 1 atom stereocenters. The maximum atomic E-state index is 12.6. The Hall–Kier alpha value is -1.58. The minimum atomic E-state index is 0. The third-order valence-corrected chi connectivity index (χ3v) is 4.75. The molecule has 0 unspecified atom stereocenters. The normalized spacial score (nSPS) is 19.7. The molecule has 2 aromatic carbocycles. The lowest BCUT2D eigenvalue weighted by molar-refractivity contribution is 0.0932. The largest absolute Gasteiger partial charge is 0.348 e. The van der Waals surface area contributed by atoms with E-state index in [1.54, 1.807) is 0 Å². The molecule has 3 nitrogen and oxygen atoms in total. The highest BCUT2D eigenvalue weighted by molar-refractivity contribution is 6.09. The van der Waals surface area contributed by atoms with E-state index < -0.39 is 0 Å². The zero-order valence-electron chi connectivity index (χ0n) is 12.5. The Balaban J connectivity index is 0.00000144. The van der Waals surface area contributed by atoms with Crippen molar-refractivity contribution in [3.8, 4) is 0 Å². The number of halogens is 1. The zero-order chi connectivity index (χ0) is 14.2. The van der Waals surface area contributed by atoms with Crippen LogP contribution in [-0.2, 0) is 12.8 Å². The number of carbonyl (C=O) groups is 1. The molecule has 1 fully saturated rings. The van der Waals surface area contributed by atoms with Crippen LogP contribution in [0.3, 0.4) is 0 Å². The molecule has 2 aliphatic rings. The number of nitrogens with one attached hydrogen (secondary N) is 2. The predicted molar refractivity (Wildman–Crippen MR) is 92.0 cm³/mol. The molecule has 0 radical (unpaired) electrons. The molecule has 0 bridgehead atoms. The maximum absolute atomic E-state index is 12.6. The van der Waals surface area contributed by atoms with Gasteiger partial charge in [0.1, 0.15) is 0 Å². The first-order valence-electron chi connectivity index (χ1n) is 7.88. The van der Waals surface area contributed by atoms with Crippen molar-refractivity contribution in [1.29, 1.82) is 0 Å². The molecular weight excluding hydrogens is 296 g/mol. The van der Waals surface area contributed by atoms with Gasteiger partial charge < -0.3 is 10.6 Å². The number of hydrogen-bond donors (Lipinski definition) is 2. The van der Waals surface area contributed by atoms with Gasteiger partial charge in [-0.2, -0.15) is 0 Å². The van der Waals surface area contributed by atoms with Gasteiger partial charge in [-0.05, 0) is 60.2 Å². The summed E-state index contributed by atoms with van der Waals surface area (Å²) in [5.74, 6) is 0.0688. The summed E-state index contributed by atoms with van der Waals surface area (Å²) in [7, 11) is 0. The van der Waals surface area contributed by atoms with Crippen LogP contribution in [0.25, 0.3) is 10.8 Å². The topological polar surface area (TPSA) is 41.1 Å². The Bertz CT molecular complexity index is 697. The van der Waals surface area contributed by atoms with Gasteiger partial charge in [0.05, 0.1) is 0 Å². The van der Waals surface area contributed by atoms with Gasteiger partial charge in [-0.15, -0.1) is 12.4 Å². The lowest BCUT2D eigenvalue weighted by Gasteiger charge is -2.24. The van der Waals surface area contributed by atoms with E-state index >= 15 is 0 Å². The van der Waals surface area contributed by atoms with E-state index in [2.05, 4.69) is 34.9 Å². The van der Waals surface area contributed by atoms with Gasteiger partial charge in [-0.1, -0.05) is 24.3 Å². The van der Waals surface area contributed by atoms with E-state index in [-0.39, 0.29) is 24.4 Å². The van der Waals surface area contributed by atoms with Gasteiger partial charge in [0.25, 0.3) is 5.91 Å². The molecule has 1 amide bonds. The van der Waals surface area contributed by atoms with Crippen LogP contribution in [0.5, 0.6) is 0 Å². The van der Waals surface area contributed by atoms with Gasteiger partial charge in [-0.25, -0.2) is 0 Å². The highest BCUT2D eigenvalue weighted by atomic mass is 35.5. The summed E-state index contributed by atoms with van der Waals surface area (Å²) in [6.45, 7) is 1.94. The second kappa shape index (κ2) is 6.27. The highest BCUT2D eigenvalue weighted by Gasteiger charge is 2.21. The van der Waals surface area contributed by atoms with Crippen LogP contribution in [0.15, 0.2) is 30.3 Å². The molecule has 1 aliphatic carbocycles. The monoisotopic (exact) mass is 316 g/mol. The second-order valence-corrected chi connectivity index (χ2v) is 6.13. The Morgan fingerprint density at radius 1 is 1.14 bits per heavy atom. The molecule has 1 aliphatic heterocycles. The van der Waals surface area contributed by atoms with Crippen molar-refractivity contribution >= 4 is 29.1 Å². The van der Waals surface area contributed by atoms with E-state index in [4.69, 9.17) is 0 Å². The van der Waals surface area contributed by atoms with Crippen molar-refractivity contribution in [3.05, 3.63) is 47.0 Å². The molecule has 2 N–H and O–H groups in total. The van der Waals surface area contributed by atoms with Crippen LogP contribution < -0.4 is 10.6 Å². The lowest BCUT2D eigenvalue weighted by Crippen LogP contribution is -2.45. The predicted octanol–water partition coefficient (Wildman–Crippen LogP) is 2.84. The Morgan fingerprint density at radius 3 is 2.73 bits per heavy atom. The number of benzene rings is 2. The van der Waals surface area contributed by atoms with E-state index in [0.717, 1.165) is 49.7 Å². The maximum Gasteiger partial charge on any atom is 0.252 e. The molecule has 4 heteroatoms. The zero-order valence-corrected chi connectivity index (χ0v) is 13.3. The minimum absolute atomic E-state index is 0. The molecule has 0 spiro atoms. The molecule has 0 saturated carbocycles. The van der Waals surface area contributed by atoms with Crippen molar-refractivity contribution < 1.29 is 4.79 Å². The molecular formula is C18H21ClN2O. The van der Waals surface area contributed by atoms with E-state index in [0.29, 0.717) is 0 Å². The molecule has 1 saturated heterocycles. The molecule has 1 heterocycles. The minimum Gasteiger partial charge on any atom is -0.348 e. The smallest absolute Gasteiger partial charge is 0.252 e. The number of rotatable bonds is 2. The van der Waals surface area contributed by atoms with Crippen LogP contribution in [0.4, 0.5) is 0 Å². The molecule has 4 rings (SSSR count). The van der Waals surface area contributed by atoms with Gasteiger partial charge in [0.2, 0.25) is 0 Å². The van der Waals surface area contributed by atoms with E-state index in [1.807, 2.05) is 6.07 Å². The standard InChI is InChI=1S/C18H20N2O.ClH/c21-18(20-14-4-2-10-19-11-14)16-9-8-13-7-6-12-3-1-5-15(16)17(12)13;/h1,3,5,8-9,14,19H,2,4,6-7,10-11H2,(H,20,21);1H/t14-;/m0./s1. The summed E-state index contributed by atoms with van der Waals surface area (Å²) in [5, 5.41) is 8.95. The summed E-state index contributed by atoms with van der Waals surface area (Å²) in [6, 6.07) is 10.7. The van der Waals surface area contributed by atoms with Gasteiger partial charge in [0.15, 0.2) is 0 Å². The summed E-state index contributed by atoms with van der Waals surface area (Å²) in [4.78, 5) is 12.6. The average Bonchev–Trinajstić information content (AvgIpc) is 2.94. The van der Waals surface area contributed by atoms with Crippen LogP contribution >= 0.6 is 12.4 Å². The SMILES string of the molecule is Cl.O=C(N[C@H]1CCCNC1)c1ccc2c3c(cccc13)CC2. The Morgan fingerprint density at radius 2 is 1.95 bits per heavy atom. The van der Waals surface area contributed by atoms with Crippen molar-refractivity contribution in [3.63, 3.8) is 0 Å². The fourth-order valence-corrected chi connectivity index (χ4v) is 3.68. The van der Waals surface area contributed by atoms with Crippen molar-refractivity contribution in [2.45, 2.75) is 31.7 Å². The summed E-state index contributed by atoms with van der Waals surface area (Å²) < 4.78 is 0. The Kier molecular flexibility index (Phi) is 4.37. The molecule has 0 aromatic heterocycles. The fourth-order valence-electron chi connectivity index (χ4n) is 3.68. The third kappa shape index (κ3) is 2.59. The first-order chi connectivity index (χ1) is 10.3. The lowest BCUT2D eigenvalue weighted by atomic mass is 9.99. The quantitative estimate of drug-likeness (QED) is 0.894. The van der Waals surface area contributed by atoms with Crippen LogP contribution in [-0.4, -0.2) is 25.0 Å². The Labute approximate surface area is 136 Å². The molecule has 22 heavy (non-hydrogen) atoms. The fraction of sp³-hybridized carbons (Fsp3) is 0.389. The molecule has 2 aromatic rings. The van der Waals surface area contributed by atoms with Crippen molar-refractivity contribution in [2.75, 3.05) is 13.1 Å². The first-order valence-corrected chi connectivity index (χ1v) is 7.88. The average molecular weight is 317 g/mol. The summed E-state index contributed by atoms with van der Waals surface area (Å²) >= 11 is 0. The van der Waals surface area contributed by atoms with Gasteiger partial charge in [0, 0.05) is 18.2 Å². The van der Waals surface area contributed by atoms with Gasteiger partial charge in [-0.3, -0.25) is 4.79 Å². The number of piperidine rings is 1. The number of amides is 1. The number of aryl methyl sites for hydroxylation is 2. The van der Waals surface area contributed by atoms with Crippen molar-refractivity contribution in [1.82, 2.24) is 10.6 Å². The van der Waals surface area contributed by atoms with E-state index in [9.17, 15) is 4.79 Å².